The van der Waals surface area contributed by atoms with Crippen LogP contribution in [0.4, 0.5) is 5.69 Å². The molecule has 2 aromatic heterocycles. The fourth-order valence-corrected chi connectivity index (χ4v) is 3.47. The summed E-state index contributed by atoms with van der Waals surface area (Å²) < 4.78 is 10.6. The Labute approximate surface area is 152 Å². The Hall–Kier alpha value is -2.67. The zero-order chi connectivity index (χ0) is 17.9. The highest BCUT2D eigenvalue weighted by Crippen LogP contribution is 2.30. The molecule has 1 amide bonds. The van der Waals surface area contributed by atoms with Crippen LogP contribution in [0.3, 0.4) is 0 Å². The Kier molecular flexibility index (Phi) is 4.71. The number of aromatic nitrogens is 2. The van der Waals surface area contributed by atoms with Crippen molar-refractivity contribution in [2.24, 2.45) is 0 Å². The van der Waals surface area contributed by atoms with Gasteiger partial charge in [-0.2, -0.15) is 0 Å². The van der Waals surface area contributed by atoms with Crippen molar-refractivity contribution < 1.29 is 14.3 Å². The van der Waals surface area contributed by atoms with Crippen molar-refractivity contribution in [3.05, 3.63) is 47.4 Å². The van der Waals surface area contributed by atoms with Crippen molar-refractivity contribution in [3.63, 3.8) is 0 Å². The van der Waals surface area contributed by atoms with E-state index in [0.717, 1.165) is 35.7 Å². The van der Waals surface area contributed by atoms with Crippen LogP contribution in [0.5, 0.6) is 5.88 Å². The second kappa shape index (κ2) is 7.29. The molecule has 0 saturated carbocycles. The van der Waals surface area contributed by atoms with E-state index in [9.17, 15) is 4.79 Å². The van der Waals surface area contributed by atoms with Gasteiger partial charge in [0.15, 0.2) is 0 Å². The minimum Gasteiger partial charge on any atom is -0.481 e. The summed E-state index contributed by atoms with van der Waals surface area (Å²) in [4.78, 5) is 25.9. The molecule has 0 atom stereocenters. The summed E-state index contributed by atoms with van der Waals surface area (Å²) in [6, 6.07) is 7.63. The molecular weight excluding hydrogens is 332 g/mol. The van der Waals surface area contributed by atoms with Gasteiger partial charge in [-0.05, 0) is 12.1 Å². The lowest BCUT2D eigenvalue weighted by Crippen LogP contribution is -2.37. The molecule has 0 spiro atoms. The summed E-state index contributed by atoms with van der Waals surface area (Å²) >= 11 is 0. The van der Waals surface area contributed by atoms with E-state index in [1.807, 2.05) is 29.2 Å². The predicted molar refractivity (Wildman–Crippen MR) is 96.5 cm³/mol. The maximum Gasteiger partial charge on any atom is 0.258 e. The lowest BCUT2D eigenvalue weighted by molar-refractivity contribution is 0.0779. The van der Waals surface area contributed by atoms with Gasteiger partial charge >= 0.3 is 0 Å². The van der Waals surface area contributed by atoms with Gasteiger partial charge in [0.1, 0.15) is 0 Å². The summed E-state index contributed by atoms with van der Waals surface area (Å²) in [5.41, 5.74) is 3.49. The highest BCUT2D eigenvalue weighted by Gasteiger charge is 2.32. The Bertz CT molecular complexity index is 805. The van der Waals surface area contributed by atoms with Crippen LogP contribution in [-0.4, -0.2) is 60.7 Å². The molecule has 1 saturated heterocycles. The quantitative estimate of drug-likeness (QED) is 0.811. The van der Waals surface area contributed by atoms with Crippen LogP contribution in [0.2, 0.25) is 0 Å². The molecule has 0 N–H and O–H groups in total. The molecule has 2 aliphatic heterocycles. The van der Waals surface area contributed by atoms with Crippen LogP contribution in [0.15, 0.2) is 30.5 Å². The fraction of sp³-hybridized carbons (Fsp3) is 0.421. The van der Waals surface area contributed by atoms with Crippen molar-refractivity contribution in [2.45, 2.75) is 13.0 Å². The standard InChI is InChI=1S/C19H22N4O3/c1-25-17-4-2-3-14(21-17)6-8-23-13-15-18(19(23)24)16(5-7-20-15)22-9-11-26-12-10-22/h2-5,7H,6,8-13H2,1H3. The molecule has 0 aliphatic carbocycles. The Morgan fingerprint density at radius 3 is 2.88 bits per heavy atom. The molecule has 136 valence electrons. The number of fused-ring (bicyclic) bond motifs is 1. The number of carbonyl (C=O) groups is 1. The highest BCUT2D eigenvalue weighted by molar-refractivity contribution is 6.03. The highest BCUT2D eigenvalue weighted by atomic mass is 16.5. The number of carbonyl (C=O) groups excluding carboxylic acids is 1. The van der Waals surface area contributed by atoms with Crippen molar-refractivity contribution in [2.75, 3.05) is 44.9 Å². The van der Waals surface area contributed by atoms with E-state index in [0.29, 0.717) is 38.6 Å². The maximum absolute atomic E-state index is 13.0. The van der Waals surface area contributed by atoms with Crippen molar-refractivity contribution in [1.29, 1.82) is 0 Å². The summed E-state index contributed by atoms with van der Waals surface area (Å²) in [6.45, 7) is 4.15. The summed E-state index contributed by atoms with van der Waals surface area (Å²) in [6.07, 6.45) is 2.48. The van der Waals surface area contributed by atoms with E-state index in [1.165, 1.54) is 0 Å². The molecule has 4 rings (SSSR count). The van der Waals surface area contributed by atoms with Gasteiger partial charge in [0.25, 0.3) is 5.91 Å². The van der Waals surface area contributed by atoms with E-state index in [4.69, 9.17) is 9.47 Å². The number of methoxy groups -OCH3 is 1. The smallest absolute Gasteiger partial charge is 0.258 e. The molecule has 2 aliphatic rings. The van der Waals surface area contributed by atoms with Crippen molar-refractivity contribution >= 4 is 11.6 Å². The second-order valence-corrected chi connectivity index (χ2v) is 6.40. The first-order chi connectivity index (χ1) is 12.8. The Morgan fingerprint density at radius 1 is 1.23 bits per heavy atom. The third-order valence-corrected chi connectivity index (χ3v) is 4.83. The van der Waals surface area contributed by atoms with Crippen LogP contribution < -0.4 is 9.64 Å². The monoisotopic (exact) mass is 354 g/mol. The molecule has 0 bridgehead atoms. The van der Waals surface area contributed by atoms with Crippen molar-refractivity contribution in [1.82, 2.24) is 14.9 Å². The third kappa shape index (κ3) is 3.22. The second-order valence-electron chi connectivity index (χ2n) is 6.40. The number of morpholine rings is 1. The van der Waals surface area contributed by atoms with E-state index >= 15 is 0 Å². The molecule has 26 heavy (non-hydrogen) atoms. The zero-order valence-electron chi connectivity index (χ0n) is 14.9. The van der Waals surface area contributed by atoms with Gasteiger partial charge < -0.3 is 19.3 Å². The average Bonchev–Trinajstić information content (AvgIpc) is 3.03. The first-order valence-corrected chi connectivity index (χ1v) is 8.86. The Morgan fingerprint density at radius 2 is 2.08 bits per heavy atom. The molecule has 7 nitrogen and oxygen atoms in total. The van der Waals surface area contributed by atoms with Crippen LogP contribution in [0, 0.1) is 0 Å². The normalized spacial score (nSPS) is 16.7. The van der Waals surface area contributed by atoms with E-state index in [2.05, 4.69) is 14.9 Å². The Balaban J connectivity index is 1.49. The number of amides is 1. The van der Waals surface area contributed by atoms with Crippen LogP contribution >= 0.6 is 0 Å². The molecule has 1 fully saturated rings. The first-order valence-electron chi connectivity index (χ1n) is 8.86. The number of nitrogens with zero attached hydrogens (tertiary/aromatic N) is 4. The van der Waals surface area contributed by atoms with Gasteiger partial charge in [0, 0.05) is 44.0 Å². The maximum atomic E-state index is 13.0. The van der Waals surface area contributed by atoms with E-state index < -0.39 is 0 Å². The minimum atomic E-state index is 0.0532. The number of rotatable bonds is 5. The van der Waals surface area contributed by atoms with Gasteiger partial charge in [0.05, 0.1) is 43.8 Å². The molecule has 0 unspecified atom stereocenters. The number of hydrogen-bond donors (Lipinski definition) is 0. The predicted octanol–water partition coefficient (Wildman–Crippen LogP) is 1.52. The van der Waals surface area contributed by atoms with Gasteiger partial charge in [-0.25, -0.2) is 4.98 Å². The summed E-state index contributed by atoms with van der Waals surface area (Å²) in [7, 11) is 1.60. The third-order valence-electron chi connectivity index (χ3n) is 4.83. The number of pyridine rings is 2. The SMILES string of the molecule is COc1cccc(CCN2Cc3nccc(N4CCOCC4)c3C2=O)n1. The van der Waals surface area contributed by atoms with Gasteiger partial charge in [-0.3, -0.25) is 9.78 Å². The van der Waals surface area contributed by atoms with Gasteiger partial charge in [-0.1, -0.05) is 6.07 Å². The topological polar surface area (TPSA) is 67.8 Å². The minimum absolute atomic E-state index is 0.0532. The van der Waals surface area contributed by atoms with Crippen LogP contribution in [0.25, 0.3) is 0 Å². The van der Waals surface area contributed by atoms with E-state index in [-0.39, 0.29) is 5.91 Å². The number of ether oxygens (including phenoxy) is 2. The summed E-state index contributed by atoms with van der Waals surface area (Å²) in [5.74, 6) is 0.646. The molecule has 0 radical (unpaired) electrons. The van der Waals surface area contributed by atoms with Gasteiger partial charge in [-0.15, -0.1) is 0 Å². The molecular formula is C19H22N4O3. The lowest BCUT2D eigenvalue weighted by Gasteiger charge is -2.30. The largest absolute Gasteiger partial charge is 0.481 e. The number of hydrogen-bond acceptors (Lipinski definition) is 6. The average molecular weight is 354 g/mol. The molecule has 7 heteroatoms. The molecule has 4 heterocycles. The number of anilines is 1. The fourth-order valence-electron chi connectivity index (χ4n) is 3.47. The van der Waals surface area contributed by atoms with Gasteiger partial charge in [0.2, 0.25) is 5.88 Å². The first kappa shape index (κ1) is 16.8. The van der Waals surface area contributed by atoms with Crippen LogP contribution in [0.1, 0.15) is 21.7 Å². The van der Waals surface area contributed by atoms with Crippen molar-refractivity contribution in [3.8, 4) is 5.88 Å². The lowest BCUT2D eigenvalue weighted by atomic mass is 10.1. The summed E-state index contributed by atoms with van der Waals surface area (Å²) in [5, 5.41) is 0. The van der Waals surface area contributed by atoms with Crippen LogP contribution in [-0.2, 0) is 17.7 Å². The van der Waals surface area contributed by atoms with E-state index in [1.54, 1.807) is 13.3 Å². The molecule has 2 aromatic rings. The zero-order valence-corrected chi connectivity index (χ0v) is 14.9. The molecule has 0 aromatic carbocycles.